The zero-order chi connectivity index (χ0) is 21.6. The molecule has 2 aliphatic rings. The minimum Gasteiger partial charge on any atom is -0.463 e. The predicted molar refractivity (Wildman–Crippen MR) is 130 cm³/mol. The first-order valence-corrected chi connectivity index (χ1v) is 13.4. The molecule has 2 aromatic carbocycles. The van der Waals surface area contributed by atoms with Crippen molar-refractivity contribution in [2.75, 3.05) is 0 Å². The minimum atomic E-state index is -2.74. The van der Waals surface area contributed by atoms with Crippen molar-refractivity contribution in [1.82, 2.24) is 0 Å². The zero-order valence-corrected chi connectivity index (χ0v) is 21.3. The van der Waals surface area contributed by atoms with Gasteiger partial charge >= 0.3 is 0 Å². The van der Waals surface area contributed by atoms with E-state index in [9.17, 15) is 0 Å². The Bertz CT molecular complexity index is 868. The molecule has 2 fully saturated rings. The molecule has 0 saturated carbocycles. The fourth-order valence-electron chi connectivity index (χ4n) is 4.51. The van der Waals surface area contributed by atoms with Crippen LogP contribution in [0.25, 0.3) is 0 Å². The SMILES string of the molecule is CC1(C)O[C@H]2O/C(=C\I)[C@@H](O[Si](c3ccccc3)(c3ccccc3)C(C)(C)C)[C@H]2O1. The van der Waals surface area contributed by atoms with Crippen molar-refractivity contribution in [1.29, 1.82) is 0 Å². The van der Waals surface area contributed by atoms with Gasteiger partial charge in [-0.05, 0) is 51.9 Å². The highest BCUT2D eigenvalue weighted by molar-refractivity contribution is 14.1. The Kier molecular flexibility index (Phi) is 5.91. The molecule has 0 aromatic heterocycles. The molecule has 2 aromatic rings. The summed E-state index contributed by atoms with van der Waals surface area (Å²) >= 11 is 2.21. The third-order valence-electron chi connectivity index (χ3n) is 5.75. The van der Waals surface area contributed by atoms with Gasteiger partial charge in [0.2, 0.25) is 6.29 Å². The maximum Gasteiger partial charge on any atom is 0.262 e. The Labute approximate surface area is 193 Å². The Morgan fingerprint density at radius 1 is 0.933 bits per heavy atom. The molecule has 0 amide bonds. The number of ether oxygens (including phenoxy) is 3. The van der Waals surface area contributed by atoms with Crippen LogP contribution in [-0.2, 0) is 18.6 Å². The molecule has 2 aliphatic heterocycles. The molecule has 0 N–H and O–H groups in total. The number of fused-ring (bicyclic) bond motifs is 1. The van der Waals surface area contributed by atoms with Gasteiger partial charge in [-0.3, -0.25) is 0 Å². The third kappa shape index (κ3) is 3.77. The molecule has 0 radical (unpaired) electrons. The van der Waals surface area contributed by atoms with E-state index in [-0.39, 0.29) is 17.2 Å². The lowest BCUT2D eigenvalue weighted by Crippen LogP contribution is -2.68. The van der Waals surface area contributed by atoms with Crippen LogP contribution in [0.5, 0.6) is 0 Å². The van der Waals surface area contributed by atoms with Gasteiger partial charge in [-0.2, -0.15) is 0 Å². The molecule has 0 unspecified atom stereocenters. The second kappa shape index (κ2) is 8.06. The molecule has 4 nitrogen and oxygen atoms in total. The van der Waals surface area contributed by atoms with Crippen molar-refractivity contribution < 1.29 is 18.6 Å². The Morgan fingerprint density at radius 3 is 1.93 bits per heavy atom. The first-order valence-electron chi connectivity index (χ1n) is 10.3. The third-order valence-corrected chi connectivity index (χ3v) is 11.4. The molecule has 6 heteroatoms. The van der Waals surface area contributed by atoms with Crippen LogP contribution in [0.4, 0.5) is 0 Å². The van der Waals surface area contributed by atoms with Crippen molar-refractivity contribution in [3.8, 4) is 0 Å². The number of halogens is 1. The van der Waals surface area contributed by atoms with Crippen molar-refractivity contribution in [2.45, 2.75) is 63.9 Å². The van der Waals surface area contributed by atoms with Crippen molar-refractivity contribution >= 4 is 41.3 Å². The van der Waals surface area contributed by atoms with E-state index in [0.717, 1.165) is 5.76 Å². The molecule has 0 bridgehead atoms. The van der Waals surface area contributed by atoms with Gasteiger partial charge in [0.1, 0.15) is 11.9 Å². The summed E-state index contributed by atoms with van der Waals surface area (Å²) in [5.74, 6) is 0.0771. The zero-order valence-electron chi connectivity index (χ0n) is 18.1. The monoisotopic (exact) mass is 536 g/mol. The highest BCUT2D eigenvalue weighted by atomic mass is 127. The summed E-state index contributed by atoms with van der Waals surface area (Å²) in [5.41, 5.74) is 0. The summed E-state index contributed by atoms with van der Waals surface area (Å²) in [5, 5.41) is 2.34. The maximum atomic E-state index is 7.28. The van der Waals surface area contributed by atoms with Gasteiger partial charge in [0.25, 0.3) is 8.32 Å². The van der Waals surface area contributed by atoms with Crippen LogP contribution < -0.4 is 10.4 Å². The standard InChI is InChI=1S/C24H29IO4Si/c1-23(2,3)30(17-12-8-6-9-13-17,18-14-10-7-11-15-18)29-20-19(16-25)26-22-21(20)27-24(4,5)28-22/h6-16,20-22H,1-5H3/b19-16-/t20-,21-,22-/m1/s1. The second-order valence-corrected chi connectivity index (χ2v) is 14.2. The lowest BCUT2D eigenvalue weighted by molar-refractivity contribution is -0.188. The van der Waals surface area contributed by atoms with Crippen LogP contribution in [0, 0.1) is 0 Å². The van der Waals surface area contributed by atoms with Gasteiger partial charge in [0, 0.05) is 4.08 Å². The molecule has 30 heavy (non-hydrogen) atoms. The first kappa shape index (κ1) is 22.0. The number of rotatable bonds is 4. The lowest BCUT2D eigenvalue weighted by atomic mass is 10.2. The summed E-state index contributed by atoms with van der Waals surface area (Å²) in [6, 6.07) is 21.3. The summed E-state index contributed by atoms with van der Waals surface area (Å²) in [4.78, 5) is 0. The number of benzene rings is 2. The van der Waals surface area contributed by atoms with Crippen LogP contribution in [-0.4, -0.2) is 32.6 Å². The fraction of sp³-hybridized carbons (Fsp3) is 0.417. The number of hydrogen-bond donors (Lipinski definition) is 0. The van der Waals surface area contributed by atoms with E-state index < -0.39 is 20.4 Å². The van der Waals surface area contributed by atoms with Gasteiger partial charge in [0.15, 0.2) is 11.9 Å². The quantitative estimate of drug-likeness (QED) is 0.419. The van der Waals surface area contributed by atoms with E-state index in [1.807, 2.05) is 17.9 Å². The molecule has 0 aliphatic carbocycles. The van der Waals surface area contributed by atoms with Crippen molar-refractivity contribution in [2.24, 2.45) is 0 Å². The molecular weight excluding hydrogens is 507 g/mol. The molecule has 4 rings (SSSR count). The molecular formula is C24H29IO4Si. The topological polar surface area (TPSA) is 36.9 Å². The Hall–Kier alpha value is -1.19. The second-order valence-electron chi connectivity index (χ2n) is 9.30. The van der Waals surface area contributed by atoms with Gasteiger partial charge in [-0.1, -0.05) is 81.4 Å². The van der Waals surface area contributed by atoms with Crippen molar-refractivity contribution in [3.63, 3.8) is 0 Å². The smallest absolute Gasteiger partial charge is 0.262 e. The average molecular weight is 536 g/mol. The molecule has 2 saturated heterocycles. The first-order chi connectivity index (χ1) is 14.2. The maximum absolute atomic E-state index is 7.28. The van der Waals surface area contributed by atoms with Gasteiger partial charge in [0.05, 0.1) is 0 Å². The fourth-order valence-corrected chi connectivity index (χ4v) is 9.66. The van der Waals surface area contributed by atoms with E-state index >= 15 is 0 Å². The van der Waals surface area contributed by atoms with Crippen LogP contribution in [0.1, 0.15) is 34.6 Å². The highest BCUT2D eigenvalue weighted by Crippen LogP contribution is 2.45. The highest BCUT2D eigenvalue weighted by Gasteiger charge is 2.59. The van der Waals surface area contributed by atoms with Gasteiger partial charge in [-0.15, -0.1) is 0 Å². The predicted octanol–water partition coefficient (Wildman–Crippen LogP) is 4.72. The average Bonchev–Trinajstić information content (AvgIpc) is 3.17. The summed E-state index contributed by atoms with van der Waals surface area (Å²) in [6.45, 7) is 10.7. The van der Waals surface area contributed by atoms with Gasteiger partial charge < -0.3 is 18.6 Å². The molecule has 3 atom stereocenters. The molecule has 0 spiro atoms. The Morgan fingerprint density at radius 2 is 1.47 bits per heavy atom. The van der Waals surface area contributed by atoms with E-state index in [1.165, 1.54) is 10.4 Å². The van der Waals surface area contributed by atoms with E-state index in [1.54, 1.807) is 0 Å². The van der Waals surface area contributed by atoms with Crippen LogP contribution >= 0.6 is 22.6 Å². The van der Waals surface area contributed by atoms with Crippen LogP contribution in [0.15, 0.2) is 70.5 Å². The normalized spacial score (nSPS) is 27.1. The largest absolute Gasteiger partial charge is 0.463 e. The van der Waals surface area contributed by atoms with Gasteiger partial charge in [-0.25, -0.2) is 0 Å². The van der Waals surface area contributed by atoms with Crippen LogP contribution in [0.3, 0.4) is 0 Å². The number of hydrogen-bond acceptors (Lipinski definition) is 4. The minimum absolute atomic E-state index is 0.126. The summed E-state index contributed by atoms with van der Waals surface area (Å²) < 4.78 is 27.6. The molecule has 2 heterocycles. The van der Waals surface area contributed by atoms with E-state index in [2.05, 4.69) is 104 Å². The van der Waals surface area contributed by atoms with E-state index in [0.29, 0.717) is 0 Å². The molecule has 160 valence electrons. The van der Waals surface area contributed by atoms with Crippen molar-refractivity contribution in [3.05, 3.63) is 70.5 Å². The summed E-state index contributed by atoms with van der Waals surface area (Å²) in [6.07, 6.45) is -1.09. The lowest BCUT2D eigenvalue weighted by Gasteiger charge is -2.45. The van der Waals surface area contributed by atoms with E-state index in [4.69, 9.17) is 18.6 Å². The van der Waals surface area contributed by atoms with Crippen LogP contribution in [0.2, 0.25) is 5.04 Å². The Balaban J connectivity index is 1.87. The summed E-state index contributed by atoms with van der Waals surface area (Å²) in [7, 11) is -2.74.